The number of hydrogen-bond acceptors (Lipinski definition) is 7. The van der Waals surface area contributed by atoms with Crippen molar-refractivity contribution in [3.63, 3.8) is 0 Å². The van der Waals surface area contributed by atoms with E-state index in [0.29, 0.717) is 17.1 Å². The van der Waals surface area contributed by atoms with Crippen LogP contribution in [0.5, 0.6) is 17.2 Å². The van der Waals surface area contributed by atoms with Gasteiger partial charge < -0.3 is 29.4 Å². The lowest BCUT2D eigenvalue weighted by Crippen LogP contribution is -2.35. The fourth-order valence-corrected chi connectivity index (χ4v) is 5.98. The van der Waals surface area contributed by atoms with E-state index in [9.17, 15) is 14.7 Å². The number of aryl methyl sites for hydroxylation is 2. The summed E-state index contributed by atoms with van der Waals surface area (Å²) < 4.78 is 36.7. The first kappa shape index (κ1) is 29.3. The van der Waals surface area contributed by atoms with E-state index in [2.05, 4.69) is 5.32 Å². The van der Waals surface area contributed by atoms with Gasteiger partial charge in [0.05, 0.1) is 12.5 Å². The molecule has 10 heteroatoms. The lowest BCUT2D eigenvalue weighted by atomic mass is 9.82. The molecule has 3 aromatic carbocycles. The minimum atomic E-state index is -1.09. The first-order valence-corrected chi connectivity index (χ1v) is 14.0. The molecule has 2 aliphatic heterocycles. The van der Waals surface area contributed by atoms with Crippen LogP contribution < -0.4 is 19.5 Å². The molecular formula is C32H35FN2O7. The van der Waals surface area contributed by atoms with Crippen molar-refractivity contribution in [2.24, 2.45) is 5.92 Å². The second-order valence-electron chi connectivity index (χ2n) is 10.4. The Morgan fingerprint density at radius 1 is 1.05 bits per heavy atom. The Balaban J connectivity index is 1.50. The molecule has 0 radical (unpaired) electrons. The van der Waals surface area contributed by atoms with Crippen molar-refractivity contribution in [3.05, 3.63) is 82.7 Å². The van der Waals surface area contributed by atoms with Crippen molar-refractivity contribution < 1.29 is 38.0 Å². The highest BCUT2D eigenvalue weighted by molar-refractivity contribution is 5.94. The van der Waals surface area contributed by atoms with Crippen molar-refractivity contribution in [3.8, 4) is 17.2 Å². The SMILES string of the molecule is CCc1cccc(CC)c1NC(=O)CN1C[C@H](c2cc3c(cc2F)OCO3)[C@@H](C(=O)O)[C@@H]1c1ccc(OCOC)cc1. The molecule has 0 unspecified atom stereocenters. The summed E-state index contributed by atoms with van der Waals surface area (Å²) in [5, 5.41) is 13.6. The number of hydrogen-bond donors (Lipinski definition) is 2. The topological polar surface area (TPSA) is 107 Å². The molecule has 1 fully saturated rings. The maximum absolute atomic E-state index is 15.4. The van der Waals surface area contributed by atoms with Crippen LogP contribution in [0.1, 0.15) is 48.1 Å². The quantitative estimate of drug-likeness (QED) is 0.301. The van der Waals surface area contributed by atoms with Gasteiger partial charge in [-0.25, -0.2) is 4.39 Å². The number of methoxy groups -OCH3 is 1. The van der Waals surface area contributed by atoms with Gasteiger partial charge >= 0.3 is 5.97 Å². The maximum atomic E-state index is 15.4. The van der Waals surface area contributed by atoms with Gasteiger partial charge in [0.15, 0.2) is 18.3 Å². The number of benzene rings is 3. The van der Waals surface area contributed by atoms with Crippen LogP contribution in [0.4, 0.5) is 10.1 Å². The number of anilines is 1. The summed E-state index contributed by atoms with van der Waals surface area (Å²) in [4.78, 5) is 28.2. The van der Waals surface area contributed by atoms with Crippen LogP contribution in [0.25, 0.3) is 0 Å². The van der Waals surface area contributed by atoms with Crippen molar-refractivity contribution >= 4 is 17.6 Å². The monoisotopic (exact) mass is 578 g/mol. The summed E-state index contributed by atoms with van der Waals surface area (Å²) in [5.41, 5.74) is 3.72. The zero-order valence-corrected chi connectivity index (χ0v) is 23.9. The Morgan fingerprint density at radius 3 is 2.33 bits per heavy atom. The van der Waals surface area contributed by atoms with E-state index in [0.717, 1.165) is 29.7 Å². The lowest BCUT2D eigenvalue weighted by molar-refractivity contribution is -0.143. The molecule has 3 atom stereocenters. The number of nitrogens with zero attached hydrogens (tertiary/aromatic N) is 1. The van der Waals surface area contributed by atoms with E-state index >= 15 is 4.39 Å². The highest BCUT2D eigenvalue weighted by atomic mass is 19.1. The molecule has 2 aliphatic rings. The fourth-order valence-electron chi connectivity index (χ4n) is 5.98. The van der Waals surface area contributed by atoms with Crippen molar-refractivity contribution in [1.82, 2.24) is 4.90 Å². The molecule has 1 amide bonds. The van der Waals surface area contributed by atoms with E-state index in [4.69, 9.17) is 18.9 Å². The number of ether oxygens (including phenoxy) is 4. The van der Waals surface area contributed by atoms with E-state index in [1.807, 2.05) is 36.9 Å². The normalized spacial score (nSPS) is 19.6. The Morgan fingerprint density at radius 2 is 1.71 bits per heavy atom. The summed E-state index contributed by atoms with van der Waals surface area (Å²) in [7, 11) is 1.52. The molecule has 0 saturated carbocycles. The van der Waals surface area contributed by atoms with Crippen molar-refractivity contribution in [1.29, 1.82) is 0 Å². The van der Waals surface area contributed by atoms with E-state index < -0.39 is 29.7 Å². The Bertz CT molecular complexity index is 1420. The molecule has 0 aromatic heterocycles. The largest absolute Gasteiger partial charge is 0.481 e. The summed E-state index contributed by atoms with van der Waals surface area (Å²) >= 11 is 0. The molecule has 5 rings (SSSR count). The smallest absolute Gasteiger partial charge is 0.309 e. The van der Waals surface area contributed by atoms with Crippen LogP contribution in [-0.2, 0) is 27.2 Å². The third kappa shape index (κ3) is 5.91. The minimum absolute atomic E-state index is 0.0311. The number of fused-ring (bicyclic) bond motifs is 1. The number of carbonyl (C=O) groups excluding carboxylic acids is 1. The Labute approximate surface area is 244 Å². The molecule has 2 N–H and O–H groups in total. The summed E-state index contributed by atoms with van der Waals surface area (Å²) in [6, 6.07) is 15.0. The minimum Gasteiger partial charge on any atom is -0.481 e. The van der Waals surface area contributed by atoms with E-state index in [-0.39, 0.29) is 43.9 Å². The lowest BCUT2D eigenvalue weighted by Gasteiger charge is -2.27. The standard InChI is InChI=1S/C32H35FN2O7/c1-4-19-7-6-8-20(5-2)30(19)34-28(36)16-35-15-24(23-13-26-27(14-25(23)33)42-18-41-26)29(32(37)38)31(35)21-9-11-22(12-10-21)40-17-39-3/h6-14,24,29,31H,4-5,15-18H2,1-3H3,(H,34,36)(H,37,38)/t24-,29-,31+/m1/s1. The third-order valence-corrected chi connectivity index (χ3v) is 7.95. The van der Waals surface area contributed by atoms with Gasteiger partial charge in [-0.1, -0.05) is 44.2 Å². The van der Waals surface area contributed by atoms with Gasteiger partial charge in [-0.2, -0.15) is 0 Å². The first-order valence-electron chi connectivity index (χ1n) is 14.0. The Hall–Kier alpha value is -4.15. The van der Waals surface area contributed by atoms with Gasteiger partial charge in [0.2, 0.25) is 12.7 Å². The number of carboxylic acid groups (broad SMARTS) is 1. The average molecular weight is 579 g/mol. The van der Waals surface area contributed by atoms with Gasteiger partial charge in [-0.05, 0) is 53.3 Å². The van der Waals surface area contributed by atoms with Gasteiger partial charge in [-0.15, -0.1) is 0 Å². The maximum Gasteiger partial charge on any atom is 0.309 e. The number of likely N-dealkylation sites (tertiary alicyclic amines) is 1. The van der Waals surface area contributed by atoms with Gasteiger partial charge in [0, 0.05) is 37.4 Å². The van der Waals surface area contributed by atoms with Crippen LogP contribution in [0.3, 0.4) is 0 Å². The third-order valence-electron chi connectivity index (χ3n) is 7.95. The number of rotatable bonds is 11. The molecular weight excluding hydrogens is 543 g/mol. The second kappa shape index (κ2) is 12.8. The number of amides is 1. The van der Waals surface area contributed by atoms with E-state index in [1.54, 1.807) is 24.3 Å². The number of carboxylic acids is 1. The van der Waals surface area contributed by atoms with Crippen molar-refractivity contribution in [2.75, 3.05) is 39.1 Å². The molecule has 9 nitrogen and oxygen atoms in total. The summed E-state index contributed by atoms with van der Waals surface area (Å²) in [6.07, 6.45) is 1.50. The molecule has 0 aliphatic carbocycles. The van der Waals surface area contributed by atoms with Crippen LogP contribution in [-0.4, -0.2) is 55.7 Å². The zero-order valence-electron chi connectivity index (χ0n) is 23.9. The van der Waals surface area contributed by atoms with Gasteiger partial charge in [-0.3, -0.25) is 14.5 Å². The summed E-state index contributed by atoms with van der Waals surface area (Å²) in [5.74, 6) is -2.54. The zero-order chi connectivity index (χ0) is 29.8. The first-order chi connectivity index (χ1) is 20.3. The number of aliphatic carboxylic acids is 1. The fraction of sp³-hybridized carbons (Fsp3) is 0.375. The van der Waals surface area contributed by atoms with Crippen molar-refractivity contribution in [2.45, 2.75) is 38.6 Å². The second-order valence-corrected chi connectivity index (χ2v) is 10.4. The van der Waals surface area contributed by atoms with Gasteiger partial charge in [0.1, 0.15) is 11.6 Å². The molecule has 0 bridgehead atoms. The molecule has 2 heterocycles. The number of halogens is 1. The van der Waals surface area contributed by atoms with Crippen LogP contribution in [0.2, 0.25) is 0 Å². The molecule has 3 aromatic rings. The Kier molecular flexibility index (Phi) is 8.94. The van der Waals surface area contributed by atoms with Crippen LogP contribution in [0.15, 0.2) is 54.6 Å². The average Bonchev–Trinajstić information content (AvgIpc) is 3.60. The predicted molar refractivity (Wildman–Crippen MR) is 153 cm³/mol. The number of para-hydroxylation sites is 1. The number of nitrogens with one attached hydrogen (secondary N) is 1. The highest BCUT2D eigenvalue weighted by Crippen LogP contribution is 2.48. The van der Waals surface area contributed by atoms with Gasteiger partial charge in [0.25, 0.3) is 0 Å². The highest BCUT2D eigenvalue weighted by Gasteiger charge is 2.49. The number of carbonyl (C=O) groups is 2. The molecule has 42 heavy (non-hydrogen) atoms. The van der Waals surface area contributed by atoms with Crippen LogP contribution in [0, 0.1) is 11.7 Å². The molecule has 222 valence electrons. The van der Waals surface area contributed by atoms with Crippen LogP contribution >= 0.6 is 0 Å². The summed E-state index contributed by atoms with van der Waals surface area (Å²) in [6.45, 7) is 4.16. The molecule has 1 saturated heterocycles. The predicted octanol–water partition coefficient (Wildman–Crippen LogP) is 5.14. The molecule has 0 spiro atoms. The van der Waals surface area contributed by atoms with E-state index in [1.165, 1.54) is 19.2 Å².